The van der Waals surface area contributed by atoms with Crippen LogP contribution in [0.3, 0.4) is 0 Å². The van der Waals surface area contributed by atoms with Gasteiger partial charge in [-0.1, -0.05) is 61.2 Å². The lowest BCUT2D eigenvalue weighted by Crippen LogP contribution is -2.43. The topological polar surface area (TPSA) is 95.6 Å². The van der Waals surface area contributed by atoms with Gasteiger partial charge < -0.3 is 9.64 Å². The number of ether oxygens (including phenoxy) is 1. The maximum absolute atomic E-state index is 13.7. The van der Waals surface area contributed by atoms with Crippen LogP contribution in [0.2, 0.25) is 0 Å². The first kappa shape index (κ1) is 29.6. The Hall–Kier alpha value is -3.42. The van der Waals surface area contributed by atoms with E-state index in [1.807, 2.05) is 49.1 Å². The number of amides is 1. The molecule has 210 valence electrons. The van der Waals surface area contributed by atoms with Crippen molar-refractivity contribution in [1.82, 2.24) is 9.47 Å². The zero-order valence-electron chi connectivity index (χ0n) is 23.3. The number of piperidine rings is 1. The molecule has 2 aliphatic rings. The van der Waals surface area contributed by atoms with Crippen molar-refractivity contribution in [1.29, 1.82) is 5.26 Å². The zero-order valence-corrected chi connectivity index (χ0v) is 24.9. The summed E-state index contributed by atoms with van der Waals surface area (Å²) in [5.41, 5.74) is 1.79. The second kappa shape index (κ2) is 12.8. The minimum absolute atomic E-state index is 0.0514. The van der Waals surface area contributed by atoms with Crippen LogP contribution in [0.15, 0.2) is 40.0 Å². The summed E-state index contributed by atoms with van der Waals surface area (Å²) >= 11 is 6.86. The van der Waals surface area contributed by atoms with Gasteiger partial charge in [-0.05, 0) is 57.2 Å². The van der Waals surface area contributed by atoms with Crippen molar-refractivity contribution in [2.24, 2.45) is 5.92 Å². The third-order valence-electron chi connectivity index (χ3n) is 7.40. The van der Waals surface area contributed by atoms with Crippen LogP contribution in [0.4, 0.5) is 5.82 Å². The Bertz CT molecular complexity index is 1440. The molecule has 1 amide bonds. The van der Waals surface area contributed by atoms with Gasteiger partial charge in [0.1, 0.15) is 21.8 Å². The molecule has 2 aliphatic heterocycles. The SMILES string of the molecule is CCCn1c(N2CCCC(C(=O)OCC)C2)c(/C=C2/SC(=S)N(C(C)c3ccccc3)C2=O)c(C)c(C#N)c1=O. The third-order valence-corrected chi connectivity index (χ3v) is 8.73. The molecule has 0 bridgehead atoms. The van der Waals surface area contributed by atoms with Crippen molar-refractivity contribution < 1.29 is 14.3 Å². The van der Waals surface area contributed by atoms with Gasteiger partial charge in [-0.3, -0.25) is 23.9 Å². The van der Waals surface area contributed by atoms with Gasteiger partial charge >= 0.3 is 5.97 Å². The number of hydrogen-bond acceptors (Lipinski definition) is 8. The molecule has 2 atom stereocenters. The average molecular weight is 579 g/mol. The number of benzene rings is 1. The molecule has 1 aromatic heterocycles. The normalized spacial score (nSPS) is 19.2. The smallest absolute Gasteiger partial charge is 0.310 e. The van der Waals surface area contributed by atoms with Gasteiger partial charge in [0.2, 0.25) is 0 Å². The Labute approximate surface area is 244 Å². The van der Waals surface area contributed by atoms with E-state index in [1.165, 1.54) is 11.8 Å². The van der Waals surface area contributed by atoms with Crippen LogP contribution in [0, 0.1) is 24.2 Å². The van der Waals surface area contributed by atoms with Crippen LogP contribution in [-0.4, -0.2) is 45.4 Å². The van der Waals surface area contributed by atoms with E-state index in [9.17, 15) is 19.6 Å². The zero-order chi connectivity index (χ0) is 29.0. The molecular formula is C30H34N4O4S2. The molecule has 2 fully saturated rings. The van der Waals surface area contributed by atoms with Crippen LogP contribution in [0.1, 0.15) is 68.3 Å². The van der Waals surface area contributed by atoms with Crippen LogP contribution in [-0.2, 0) is 20.9 Å². The van der Waals surface area contributed by atoms with E-state index in [4.69, 9.17) is 17.0 Å². The molecule has 40 heavy (non-hydrogen) atoms. The molecule has 0 radical (unpaired) electrons. The number of hydrogen-bond donors (Lipinski definition) is 0. The average Bonchev–Trinajstić information content (AvgIpc) is 3.24. The predicted molar refractivity (Wildman–Crippen MR) is 162 cm³/mol. The summed E-state index contributed by atoms with van der Waals surface area (Å²) in [4.78, 5) is 43.9. The summed E-state index contributed by atoms with van der Waals surface area (Å²) in [6.07, 6.45) is 3.89. The van der Waals surface area contributed by atoms with E-state index in [1.54, 1.807) is 29.4 Å². The van der Waals surface area contributed by atoms with Crippen molar-refractivity contribution in [3.05, 3.63) is 67.8 Å². The van der Waals surface area contributed by atoms with E-state index in [0.717, 1.165) is 12.0 Å². The Morgan fingerprint density at radius 1 is 1.27 bits per heavy atom. The standard InChI is InChI=1S/C30H34N4O4S2/c1-5-14-33-26(32-15-10-13-22(18-32)29(37)38-6-2)23(19(3)24(17-31)27(33)35)16-25-28(36)34(30(39)40-25)20(4)21-11-8-7-9-12-21/h7-9,11-12,16,20,22H,5-6,10,13-15,18H2,1-4H3/b25-16+. The number of thiocarbonyl (C=S) groups is 1. The van der Waals surface area contributed by atoms with Gasteiger partial charge in [0.05, 0.1) is 23.5 Å². The highest BCUT2D eigenvalue weighted by atomic mass is 32.2. The lowest BCUT2D eigenvalue weighted by Gasteiger charge is -2.36. The summed E-state index contributed by atoms with van der Waals surface area (Å²) in [5.74, 6) is -0.169. The molecule has 10 heteroatoms. The summed E-state index contributed by atoms with van der Waals surface area (Å²) in [7, 11) is 0. The molecule has 4 rings (SSSR count). The lowest BCUT2D eigenvalue weighted by atomic mass is 9.96. The number of carbonyl (C=O) groups is 2. The minimum Gasteiger partial charge on any atom is -0.466 e. The van der Waals surface area contributed by atoms with Gasteiger partial charge in [-0.25, -0.2) is 0 Å². The highest BCUT2D eigenvalue weighted by Crippen LogP contribution is 2.40. The number of anilines is 1. The van der Waals surface area contributed by atoms with Gasteiger partial charge in [0.15, 0.2) is 0 Å². The van der Waals surface area contributed by atoms with Crippen LogP contribution in [0.5, 0.6) is 0 Å². The molecule has 3 heterocycles. The molecule has 0 N–H and O–H groups in total. The number of nitrogens with zero attached hydrogens (tertiary/aromatic N) is 4. The number of rotatable bonds is 8. The van der Waals surface area contributed by atoms with Gasteiger partial charge in [0.25, 0.3) is 11.5 Å². The first-order valence-electron chi connectivity index (χ1n) is 13.6. The van der Waals surface area contributed by atoms with Crippen molar-refractivity contribution in [2.45, 2.75) is 59.5 Å². The highest BCUT2D eigenvalue weighted by Gasteiger charge is 2.37. The van der Waals surface area contributed by atoms with Crippen LogP contribution < -0.4 is 10.5 Å². The second-order valence-electron chi connectivity index (χ2n) is 9.98. The fraction of sp³-hybridized carbons (Fsp3) is 0.433. The highest BCUT2D eigenvalue weighted by molar-refractivity contribution is 8.26. The van der Waals surface area contributed by atoms with E-state index in [0.29, 0.717) is 65.3 Å². The largest absolute Gasteiger partial charge is 0.466 e. The third kappa shape index (κ3) is 5.72. The van der Waals surface area contributed by atoms with Crippen molar-refractivity contribution in [3.8, 4) is 6.07 Å². The molecule has 0 saturated carbocycles. The number of aromatic nitrogens is 1. The minimum atomic E-state index is -0.363. The summed E-state index contributed by atoms with van der Waals surface area (Å²) in [6.45, 7) is 9.17. The lowest BCUT2D eigenvalue weighted by molar-refractivity contribution is -0.148. The Balaban J connectivity index is 1.84. The molecule has 1 aromatic carbocycles. The van der Waals surface area contributed by atoms with E-state index in [2.05, 4.69) is 6.07 Å². The van der Waals surface area contributed by atoms with E-state index < -0.39 is 0 Å². The monoisotopic (exact) mass is 578 g/mol. The number of nitriles is 1. The maximum atomic E-state index is 13.7. The first-order chi connectivity index (χ1) is 19.2. The summed E-state index contributed by atoms with van der Waals surface area (Å²) < 4.78 is 7.38. The van der Waals surface area contributed by atoms with E-state index in [-0.39, 0.29) is 35.0 Å². The molecule has 8 nitrogen and oxygen atoms in total. The number of carbonyl (C=O) groups excluding carboxylic acids is 2. The number of pyridine rings is 1. The quantitative estimate of drug-likeness (QED) is 0.240. The molecular weight excluding hydrogens is 544 g/mol. The Morgan fingerprint density at radius 3 is 2.65 bits per heavy atom. The molecule has 0 aliphatic carbocycles. The van der Waals surface area contributed by atoms with Crippen molar-refractivity contribution >= 4 is 52.1 Å². The fourth-order valence-corrected chi connectivity index (χ4v) is 6.76. The summed E-state index contributed by atoms with van der Waals surface area (Å²) in [6, 6.07) is 11.5. The van der Waals surface area contributed by atoms with Gasteiger partial charge in [0, 0.05) is 25.2 Å². The van der Waals surface area contributed by atoms with Gasteiger partial charge in [-0.15, -0.1) is 0 Å². The maximum Gasteiger partial charge on any atom is 0.310 e. The van der Waals surface area contributed by atoms with Crippen LogP contribution in [0.25, 0.3) is 6.08 Å². The Kier molecular flexibility index (Phi) is 9.48. The molecule has 0 spiro atoms. The summed E-state index contributed by atoms with van der Waals surface area (Å²) in [5, 5.41) is 9.93. The number of esters is 1. The van der Waals surface area contributed by atoms with Crippen LogP contribution >= 0.6 is 24.0 Å². The number of thioether (sulfide) groups is 1. The Morgan fingerprint density at radius 2 is 2.00 bits per heavy atom. The van der Waals surface area contributed by atoms with Crippen molar-refractivity contribution in [2.75, 3.05) is 24.6 Å². The van der Waals surface area contributed by atoms with Gasteiger partial charge in [-0.2, -0.15) is 5.26 Å². The van der Waals surface area contributed by atoms with E-state index >= 15 is 0 Å². The second-order valence-corrected chi connectivity index (χ2v) is 11.7. The first-order valence-corrected chi connectivity index (χ1v) is 14.9. The molecule has 2 saturated heterocycles. The van der Waals surface area contributed by atoms with Crippen molar-refractivity contribution in [3.63, 3.8) is 0 Å². The predicted octanol–water partition coefficient (Wildman–Crippen LogP) is 5.18. The fourth-order valence-electron chi connectivity index (χ4n) is 5.36. The molecule has 2 aromatic rings. The molecule has 2 unspecified atom stereocenters.